The smallest absolute Gasteiger partial charge is 0.178 e. The summed E-state index contributed by atoms with van der Waals surface area (Å²) in [5, 5.41) is 3.31. The van der Waals surface area contributed by atoms with E-state index in [0.29, 0.717) is 25.1 Å². The van der Waals surface area contributed by atoms with Crippen molar-refractivity contribution in [2.75, 3.05) is 18.9 Å². The van der Waals surface area contributed by atoms with Crippen LogP contribution in [0, 0.1) is 5.82 Å². The second kappa shape index (κ2) is 6.85. The molecule has 21 heavy (non-hydrogen) atoms. The molecular formula is C15H22FNO3S. The fourth-order valence-corrected chi connectivity index (χ4v) is 4.09. The average molecular weight is 315 g/mol. The van der Waals surface area contributed by atoms with Crippen LogP contribution in [0.1, 0.15) is 38.3 Å². The average Bonchev–Trinajstić information content (AvgIpc) is 2.40. The van der Waals surface area contributed by atoms with Gasteiger partial charge in [0.15, 0.2) is 9.84 Å². The summed E-state index contributed by atoms with van der Waals surface area (Å²) < 4.78 is 42.9. The number of benzene rings is 1. The Morgan fingerprint density at radius 3 is 2.90 bits per heavy atom. The summed E-state index contributed by atoms with van der Waals surface area (Å²) >= 11 is 0. The van der Waals surface area contributed by atoms with Gasteiger partial charge >= 0.3 is 0 Å². The molecule has 1 aromatic rings. The van der Waals surface area contributed by atoms with E-state index in [-0.39, 0.29) is 22.8 Å². The van der Waals surface area contributed by atoms with Gasteiger partial charge in [-0.1, -0.05) is 0 Å². The molecule has 0 saturated carbocycles. The van der Waals surface area contributed by atoms with Crippen LogP contribution in [0.25, 0.3) is 0 Å². The quantitative estimate of drug-likeness (QED) is 0.647. The summed E-state index contributed by atoms with van der Waals surface area (Å²) in [6.07, 6.45) is 1.52. The lowest BCUT2D eigenvalue weighted by molar-refractivity contribution is 0.0766. The van der Waals surface area contributed by atoms with Crippen molar-refractivity contribution in [2.45, 2.75) is 43.7 Å². The number of rotatable bonds is 6. The molecule has 1 heterocycles. The van der Waals surface area contributed by atoms with Crippen molar-refractivity contribution in [2.24, 2.45) is 0 Å². The SMILES string of the molecule is CC(C)OCCCNC1CCS(=O)(=O)c2ccc(F)cc21. The molecule has 118 valence electrons. The Kier molecular flexibility index (Phi) is 5.35. The van der Waals surface area contributed by atoms with Crippen molar-refractivity contribution in [3.63, 3.8) is 0 Å². The predicted octanol–water partition coefficient (Wildman–Crippen LogP) is 2.45. The van der Waals surface area contributed by atoms with Crippen LogP contribution >= 0.6 is 0 Å². The number of fused-ring (bicyclic) bond motifs is 1. The number of hydrogen-bond acceptors (Lipinski definition) is 4. The van der Waals surface area contributed by atoms with Gasteiger partial charge in [-0.05, 0) is 57.0 Å². The van der Waals surface area contributed by atoms with Crippen LogP contribution in [0.4, 0.5) is 4.39 Å². The molecule has 0 fully saturated rings. The Labute approximate surface area is 125 Å². The highest BCUT2D eigenvalue weighted by atomic mass is 32.2. The zero-order valence-corrected chi connectivity index (χ0v) is 13.2. The van der Waals surface area contributed by atoms with E-state index in [9.17, 15) is 12.8 Å². The Morgan fingerprint density at radius 1 is 1.43 bits per heavy atom. The molecule has 0 spiro atoms. The van der Waals surface area contributed by atoms with Crippen LogP contribution in [0.15, 0.2) is 23.1 Å². The molecule has 4 nitrogen and oxygen atoms in total. The third kappa shape index (κ3) is 4.25. The van der Waals surface area contributed by atoms with Crippen LogP contribution in [-0.4, -0.2) is 33.4 Å². The van der Waals surface area contributed by atoms with Gasteiger partial charge in [0.05, 0.1) is 16.8 Å². The Hall–Kier alpha value is -0.980. The van der Waals surface area contributed by atoms with Crippen LogP contribution in [0.5, 0.6) is 0 Å². The molecule has 1 aromatic carbocycles. The van der Waals surface area contributed by atoms with Crippen molar-refractivity contribution in [3.8, 4) is 0 Å². The van der Waals surface area contributed by atoms with E-state index in [0.717, 1.165) is 6.42 Å². The predicted molar refractivity (Wildman–Crippen MR) is 79.5 cm³/mol. The molecule has 0 radical (unpaired) electrons. The molecule has 1 unspecified atom stereocenters. The van der Waals surface area contributed by atoms with Crippen molar-refractivity contribution in [1.82, 2.24) is 5.32 Å². The van der Waals surface area contributed by atoms with Crippen molar-refractivity contribution in [1.29, 1.82) is 0 Å². The third-order valence-electron chi connectivity index (χ3n) is 3.52. The molecule has 0 saturated heterocycles. The maximum Gasteiger partial charge on any atom is 0.178 e. The van der Waals surface area contributed by atoms with Crippen LogP contribution in [0.3, 0.4) is 0 Å². The lowest BCUT2D eigenvalue weighted by Gasteiger charge is -2.26. The summed E-state index contributed by atoms with van der Waals surface area (Å²) in [6, 6.07) is 3.79. The molecule has 1 aliphatic rings. The number of ether oxygens (including phenoxy) is 1. The van der Waals surface area contributed by atoms with Crippen molar-refractivity contribution in [3.05, 3.63) is 29.6 Å². The summed E-state index contributed by atoms with van der Waals surface area (Å²) in [7, 11) is -3.27. The van der Waals surface area contributed by atoms with Gasteiger partial charge in [-0.15, -0.1) is 0 Å². The molecule has 0 aliphatic carbocycles. The zero-order valence-electron chi connectivity index (χ0n) is 12.4. The molecule has 0 bridgehead atoms. The highest BCUT2D eigenvalue weighted by Gasteiger charge is 2.30. The monoisotopic (exact) mass is 315 g/mol. The summed E-state index contributed by atoms with van der Waals surface area (Å²) in [4.78, 5) is 0.256. The van der Waals surface area contributed by atoms with Crippen LogP contribution < -0.4 is 5.32 Å². The highest BCUT2D eigenvalue weighted by molar-refractivity contribution is 7.91. The van der Waals surface area contributed by atoms with Gasteiger partial charge in [-0.25, -0.2) is 12.8 Å². The molecule has 0 amide bonds. The topological polar surface area (TPSA) is 55.4 Å². The second-order valence-corrected chi connectivity index (χ2v) is 7.65. The number of hydrogen-bond donors (Lipinski definition) is 1. The zero-order chi connectivity index (χ0) is 15.5. The first-order valence-electron chi connectivity index (χ1n) is 7.27. The van der Waals surface area contributed by atoms with Gasteiger partial charge in [0, 0.05) is 12.6 Å². The highest BCUT2D eigenvalue weighted by Crippen LogP contribution is 2.32. The molecule has 1 N–H and O–H groups in total. The van der Waals surface area contributed by atoms with Gasteiger partial charge in [-0.2, -0.15) is 0 Å². The van der Waals surface area contributed by atoms with Gasteiger partial charge in [0.2, 0.25) is 0 Å². The second-order valence-electron chi connectivity index (χ2n) is 5.57. The molecule has 1 aliphatic heterocycles. The van der Waals surface area contributed by atoms with Crippen molar-refractivity contribution < 1.29 is 17.5 Å². The number of sulfone groups is 1. The Morgan fingerprint density at radius 2 is 2.19 bits per heavy atom. The summed E-state index contributed by atoms with van der Waals surface area (Å²) in [5.41, 5.74) is 0.547. The van der Waals surface area contributed by atoms with E-state index in [1.807, 2.05) is 13.8 Å². The maximum absolute atomic E-state index is 13.4. The van der Waals surface area contributed by atoms with Crippen LogP contribution in [0.2, 0.25) is 0 Å². The first-order chi connectivity index (χ1) is 9.90. The van der Waals surface area contributed by atoms with E-state index in [4.69, 9.17) is 4.74 Å². The standard InChI is InChI=1S/C15H22FNO3S/c1-11(2)20-8-3-7-17-14-6-9-21(18,19)15-5-4-12(16)10-13(14)15/h4-5,10-11,14,17H,3,6-9H2,1-2H3. The molecule has 1 atom stereocenters. The van der Waals surface area contributed by atoms with E-state index in [2.05, 4.69) is 5.32 Å². The van der Waals surface area contributed by atoms with E-state index in [1.54, 1.807) is 0 Å². The number of halogens is 1. The summed E-state index contributed by atoms with van der Waals surface area (Å²) in [6.45, 7) is 5.34. The lowest BCUT2D eigenvalue weighted by atomic mass is 10.0. The third-order valence-corrected chi connectivity index (χ3v) is 5.34. The maximum atomic E-state index is 13.4. The summed E-state index contributed by atoms with van der Waals surface area (Å²) in [5.74, 6) is -0.299. The van der Waals surface area contributed by atoms with Crippen LogP contribution in [-0.2, 0) is 14.6 Å². The van der Waals surface area contributed by atoms with Gasteiger partial charge in [0.1, 0.15) is 5.82 Å². The minimum Gasteiger partial charge on any atom is -0.379 e. The van der Waals surface area contributed by atoms with Gasteiger partial charge in [-0.3, -0.25) is 0 Å². The fourth-order valence-electron chi connectivity index (χ4n) is 2.49. The largest absolute Gasteiger partial charge is 0.379 e. The normalized spacial score (nSPS) is 20.5. The molecule has 2 rings (SSSR count). The van der Waals surface area contributed by atoms with E-state index < -0.39 is 15.7 Å². The van der Waals surface area contributed by atoms with Gasteiger partial charge in [0.25, 0.3) is 0 Å². The first-order valence-corrected chi connectivity index (χ1v) is 8.92. The molecule has 6 heteroatoms. The first kappa shape index (κ1) is 16.4. The Balaban J connectivity index is 2.01. The number of nitrogens with one attached hydrogen (secondary N) is 1. The molecular weight excluding hydrogens is 293 g/mol. The minimum absolute atomic E-state index is 0.103. The Bertz CT molecular complexity index is 587. The minimum atomic E-state index is -3.27. The lowest BCUT2D eigenvalue weighted by Crippen LogP contribution is -2.31. The fraction of sp³-hybridized carbons (Fsp3) is 0.600. The van der Waals surface area contributed by atoms with E-state index >= 15 is 0 Å². The van der Waals surface area contributed by atoms with Gasteiger partial charge < -0.3 is 10.1 Å². The van der Waals surface area contributed by atoms with E-state index in [1.165, 1.54) is 18.2 Å². The van der Waals surface area contributed by atoms with Crippen molar-refractivity contribution >= 4 is 9.84 Å². The molecule has 0 aromatic heterocycles.